The van der Waals surface area contributed by atoms with Crippen molar-refractivity contribution in [3.05, 3.63) is 11.3 Å². The van der Waals surface area contributed by atoms with Gasteiger partial charge in [0.05, 0.1) is 0 Å². The Morgan fingerprint density at radius 1 is 1.24 bits per heavy atom. The first kappa shape index (κ1) is 14.2. The molecule has 0 aromatic carbocycles. The third-order valence-corrected chi connectivity index (χ3v) is 3.84. The van der Waals surface area contributed by atoms with Gasteiger partial charge in [-0.1, -0.05) is 20.8 Å². The molecule has 17 heavy (non-hydrogen) atoms. The van der Waals surface area contributed by atoms with Gasteiger partial charge < -0.3 is 4.90 Å². The third kappa shape index (κ3) is 2.25. The molecule has 0 spiro atoms. The number of Topliss-reactive ketones (excluding diaryl/α,β-unsaturated/α-hetero) is 1. The Morgan fingerprint density at radius 3 is 2.29 bits per heavy atom. The molecular formula is C14H26N2O. The summed E-state index contributed by atoms with van der Waals surface area (Å²) in [7, 11) is 2.10. The summed E-state index contributed by atoms with van der Waals surface area (Å²) in [5, 5.41) is 0. The smallest absolute Gasteiger partial charge is 0.164 e. The molecule has 0 fully saturated rings. The van der Waals surface area contributed by atoms with Crippen molar-refractivity contribution in [2.24, 2.45) is 0 Å². The Morgan fingerprint density at radius 2 is 1.82 bits per heavy atom. The van der Waals surface area contributed by atoms with Crippen LogP contribution in [0.1, 0.15) is 41.0 Å². The van der Waals surface area contributed by atoms with Crippen LogP contribution >= 0.6 is 0 Å². The molecule has 2 aliphatic rings. The summed E-state index contributed by atoms with van der Waals surface area (Å²) in [6, 6.07) is 0.699. The normalized spacial score (nSPS) is 29.1. The lowest BCUT2D eigenvalue weighted by Crippen LogP contribution is -2.37. The third-order valence-electron chi connectivity index (χ3n) is 3.84. The van der Waals surface area contributed by atoms with E-state index in [1.807, 2.05) is 13.8 Å². The number of ketones is 1. The SMILES string of the molecule is CC.CCN1C(C)C2=C(C1C)N(C)CCC2=O. The quantitative estimate of drug-likeness (QED) is 0.700. The molecule has 3 nitrogen and oxygen atoms in total. The molecule has 0 N–H and O–H groups in total. The van der Waals surface area contributed by atoms with Crippen molar-refractivity contribution in [1.29, 1.82) is 0 Å². The van der Waals surface area contributed by atoms with Gasteiger partial charge in [-0.2, -0.15) is 0 Å². The van der Waals surface area contributed by atoms with Crippen molar-refractivity contribution < 1.29 is 4.79 Å². The highest BCUT2D eigenvalue weighted by Gasteiger charge is 2.41. The zero-order valence-electron chi connectivity index (χ0n) is 12.1. The van der Waals surface area contributed by atoms with Gasteiger partial charge in [-0.3, -0.25) is 9.69 Å². The van der Waals surface area contributed by atoms with E-state index in [1.165, 1.54) is 5.70 Å². The number of likely N-dealkylation sites (N-methyl/N-ethyl adjacent to an activating group) is 2. The predicted molar refractivity (Wildman–Crippen MR) is 71.9 cm³/mol. The highest BCUT2D eigenvalue weighted by atomic mass is 16.1. The van der Waals surface area contributed by atoms with Gasteiger partial charge in [0.15, 0.2) is 5.78 Å². The van der Waals surface area contributed by atoms with Gasteiger partial charge in [0.1, 0.15) is 0 Å². The van der Waals surface area contributed by atoms with Crippen LogP contribution in [0.25, 0.3) is 0 Å². The van der Waals surface area contributed by atoms with E-state index in [4.69, 9.17) is 0 Å². The van der Waals surface area contributed by atoms with Gasteiger partial charge in [0, 0.05) is 43.4 Å². The fraction of sp³-hybridized carbons (Fsp3) is 0.786. The zero-order valence-corrected chi connectivity index (χ0v) is 12.1. The lowest BCUT2D eigenvalue weighted by atomic mass is 9.97. The number of carbonyl (C=O) groups excluding carboxylic acids is 1. The molecule has 98 valence electrons. The van der Waals surface area contributed by atoms with E-state index in [0.29, 0.717) is 24.3 Å². The van der Waals surface area contributed by atoms with Crippen LogP contribution in [0.2, 0.25) is 0 Å². The monoisotopic (exact) mass is 238 g/mol. The molecule has 0 amide bonds. The van der Waals surface area contributed by atoms with Crippen LogP contribution in [0, 0.1) is 0 Å². The van der Waals surface area contributed by atoms with Crippen LogP contribution in [0.4, 0.5) is 0 Å². The van der Waals surface area contributed by atoms with Gasteiger partial charge in [0.25, 0.3) is 0 Å². The maximum atomic E-state index is 11.9. The van der Waals surface area contributed by atoms with Gasteiger partial charge in [0.2, 0.25) is 0 Å². The summed E-state index contributed by atoms with van der Waals surface area (Å²) in [5.41, 5.74) is 2.33. The topological polar surface area (TPSA) is 23.6 Å². The molecule has 0 aromatic rings. The molecule has 2 unspecified atom stereocenters. The van der Waals surface area contributed by atoms with E-state index >= 15 is 0 Å². The molecule has 0 bridgehead atoms. The maximum absolute atomic E-state index is 11.9. The van der Waals surface area contributed by atoms with Gasteiger partial charge >= 0.3 is 0 Å². The Labute approximate surface area is 105 Å². The fourth-order valence-electron chi connectivity index (χ4n) is 3.07. The minimum atomic E-state index is 0.301. The minimum Gasteiger partial charge on any atom is -0.376 e. The number of hydrogen-bond acceptors (Lipinski definition) is 3. The summed E-state index contributed by atoms with van der Waals surface area (Å²) in [6.07, 6.45) is 0.684. The molecule has 2 aliphatic heterocycles. The molecule has 2 atom stereocenters. The maximum Gasteiger partial charge on any atom is 0.164 e. The second-order valence-electron chi connectivity index (χ2n) is 4.58. The van der Waals surface area contributed by atoms with E-state index in [-0.39, 0.29) is 0 Å². The lowest BCUT2D eigenvalue weighted by Gasteiger charge is -2.30. The van der Waals surface area contributed by atoms with Crippen LogP contribution in [0.3, 0.4) is 0 Å². The number of carbonyl (C=O) groups is 1. The molecule has 0 aliphatic carbocycles. The van der Waals surface area contributed by atoms with Gasteiger partial charge in [-0.25, -0.2) is 0 Å². The van der Waals surface area contributed by atoms with Crippen LogP contribution in [0.15, 0.2) is 11.3 Å². The standard InChI is InChI=1S/C12H20N2O.C2H6/c1-5-14-8(2)11-10(15)6-7-13(4)12(11)9(14)3;1-2/h8-9H,5-7H2,1-4H3;1-2H3. The molecule has 0 radical (unpaired) electrons. The highest BCUT2D eigenvalue weighted by molar-refractivity contribution is 5.98. The van der Waals surface area contributed by atoms with Crippen LogP contribution in [0.5, 0.6) is 0 Å². The van der Waals surface area contributed by atoms with E-state index in [2.05, 4.69) is 37.6 Å². The highest BCUT2D eigenvalue weighted by Crippen LogP contribution is 2.35. The van der Waals surface area contributed by atoms with Crippen molar-refractivity contribution in [3.63, 3.8) is 0 Å². The molecule has 0 saturated heterocycles. The Balaban J connectivity index is 0.000000686. The van der Waals surface area contributed by atoms with Crippen molar-refractivity contribution >= 4 is 5.78 Å². The molecule has 0 saturated carbocycles. The van der Waals surface area contributed by atoms with Crippen molar-refractivity contribution in [2.45, 2.75) is 53.1 Å². The minimum absolute atomic E-state index is 0.301. The zero-order chi connectivity index (χ0) is 13.2. The largest absolute Gasteiger partial charge is 0.376 e. The Bertz CT molecular complexity index is 322. The number of nitrogens with zero attached hydrogens (tertiary/aromatic N) is 2. The summed E-state index contributed by atoms with van der Waals surface area (Å²) in [6.45, 7) is 12.4. The first-order valence-corrected chi connectivity index (χ1v) is 6.82. The van der Waals surface area contributed by atoms with E-state index in [1.54, 1.807) is 0 Å². The van der Waals surface area contributed by atoms with Crippen molar-refractivity contribution in [3.8, 4) is 0 Å². The van der Waals surface area contributed by atoms with Crippen LogP contribution < -0.4 is 0 Å². The second kappa shape index (κ2) is 5.67. The molecular weight excluding hydrogens is 212 g/mol. The average molecular weight is 238 g/mol. The summed E-state index contributed by atoms with van der Waals surface area (Å²) < 4.78 is 0. The fourth-order valence-corrected chi connectivity index (χ4v) is 3.07. The molecule has 2 heterocycles. The molecule has 2 rings (SSSR count). The Kier molecular flexibility index (Phi) is 4.75. The van der Waals surface area contributed by atoms with Crippen LogP contribution in [-0.4, -0.2) is 47.8 Å². The first-order valence-electron chi connectivity index (χ1n) is 6.82. The Hall–Kier alpha value is -0.830. The van der Waals surface area contributed by atoms with E-state index < -0.39 is 0 Å². The lowest BCUT2D eigenvalue weighted by molar-refractivity contribution is -0.116. The predicted octanol–water partition coefficient (Wildman–Crippen LogP) is 2.28. The molecule has 3 heteroatoms. The van der Waals surface area contributed by atoms with Crippen LogP contribution in [-0.2, 0) is 4.79 Å². The second-order valence-corrected chi connectivity index (χ2v) is 4.58. The number of hydrogen-bond donors (Lipinski definition) is 0. The average Bonchev–Trinajstić information content (AvgIpc) is 2.59. The number of rotatable bonds is 1. The first-order chi connectivity index (χ1) is 8.07. The van der Waals surface area contributed by atoms with E-state index in [9.17, 15) is 4.79 Å². The summed E-state index contributed by atoms with van der Waals surface area (Å²) >= 11 is 0. The van der Waals surface area contributed by atoms with Crippen molar-refractivity contribution in [1.82, 2.24) is 9.80 Å². The molecule has 0 aromatic heterocycles. The van der Waals surface area contributed by atoms with Gasteiger partial charge in [-0.05, 0) is 20.4 Å². The van der Waals surface area contributed by atoms with E-state index in [0.717, 1.165) is 18.7 Å². The summed E-state index contributed by atoms with van der Waals surface area (Å²) in [4.78, 5) is 16.6. The van der Waals surface area contributed by atoms with Crippen molar-refractivity contribution in [2.75, 3.05) is 20.1 Å². The summed E-state index contributed by atoms with van der Waals surface area (Å²) in [5.74, 6) is 0.360. The van der Waals surface area contributed by atoms with Gasteiger partial charge in [-0.15, -0.1) is 0 Å².